The van der Waals surface area contributed by atoms with Crippen molar-refractivity contribution in [3.8, 4) is 0 Å². The monoisotopic (exact) mass is 207 g/mol. The van der Waals surface area contributed by atoms with Crippen LogP contribution in [0.1, 0.15) is 29.0 Å². The summed E-state index contributed by atoms with van der Waals surface area (Å²) in [5.41, 5.74) is 0.902. The largest absolute Gasteiger partial charge is 0.461 e. The number of carbonyl (C=O) groups excluding carboxylic acids is 2. The summed E-state index contributed by atoms with van der Waals surface area (Å²) in [5, 5.41) is 0. The zero-order valence-corrected chi connectivity index (χ0v) is 8.44. The molecule has 1 fully saturated rings. The van der Waals surface area contributed by atoms with Crippen LogP contribution < -0.4 is 0 Å². The van der Waals surface area contributed by atoms with Crippen molar-refractivity contribution in [1.82, 2.24) is 4.90 Å². The highest BCUT2D eigenvalue weighted by Crippen LogP contribution is 2.14. The van der Waals surface area contributed by atoms with Gasteiger partial charge in [0.15, 0.2) is 12.0 Å². The third-order valence-corrected chi connectivity index (χ3v) is 2.70. The van der Waals surface area contributed by atoms with Gasteiger partial charge in [0.1, 0.15) is 5.78 Å². The summed E-state index contributed by atoms with van der Waals surface area (Å²) in [6.45, 7) is 2.25. The quantitative estimate of drug-likeness (QED) is 0.700. The van der Waals surface area contributed by atoms with Crippen molar-refractivity contribution >= 4 is 12.1 Å². The first-order valence-electron chi connectivity index (χ1n) is 5.05. The van der Waals surface area contributed by atoms with Crippen LogP contribution in [0.5, 0.6) is 0 Å². The lowest BCUT2D eigenvalue weighted by Crippen LogP contribution is -2.33. The minimum absolute atomic E-state index is 0.328. The number of rotatable bonds is 3. The molecule has 80 valence electrons. The summed E-state index contributed by atoms with van der Waals surface area (Å²) in [5.74, 6) is 0.723. The third kappa shape index (κ3) is 2.33. The molecule has 1 saturated heterocycles. The molecule has 0 spiro atoms. The molecule has 0 saturated carbocycles. The molecule has 1 aliphatic heterocycles. The molecular weight excluding hydrogens is 194 g/mol. The number of likely N-dealkylation sites (tertiary alicyclic amines) is 1. The highest BCUT2D eigenvalue weighted by molar-refractivity contribution is 5.79. The van der Waals surface area contributed by atoms with E-state index in [-0.39, 0.29) is 0 Å². The van der Waals surface area contributed by atoms with Crippen molar-refractivity contribution in [3.63, 3.8) is 0 Å². The molecule has 2 rings (SSSR count). The molecule has 0 unspecified atom stereocenters. The Hall–Kier alpha value is -1.42. The highest BCUT2D eigenvalue weighted by Gasteiger charge is 2.17. The molecule has 4 heteroatoms. The van der Waals surface area contributed by atoms with Gasteiger partial charge in [-0.3, -0.25) is 14.5 Å². The van der Waals surface area contributed by atoms with E-state index in [2.05, 4.69) is 4.90 Å². The molecule has 0 radical (unpaired) electrons. The number of Topliss-reactive ketones (excluding diaryl/α,β-unsaturated/α-hetero) is 1. The van der Waals surface area contributed by atoms with E-state index < -0.39 is 0 Å². The van der Waals surface area contributed by atoms with Gasteiger partial charge in [-0.2, -0.15) is 0 Å². The Kier molecular flexibility index (Phi) is 2.97. The van der Waals surface area contributed by atoms with E-state index in [1.807, 2.05) is 0 Å². The number of furan rings is 1. The van der Waals surface area contributed by atoms with Crippen molar-refractivity contribution in [3.05, 3.63) is 23.7 Å². The summed E-state index contributed by atoms with van der Waals surface area (Å²) in [6.07, 6.45) is 3.49. The van der Waals surface area contributed by atoms with Gasteiger partial charge in [-0.05, 0) is 6.07 Å². The third-order valence-electron chi connectivity index (χ3n) is 2.70. The van der Waals surface area contributed by atoms with E-state index in [1.165, 1.54) is 6.26 Å². The molecule has 2 heterocycles. The smallest absolute Gasteiger partial charge is 0.185 e. The second-order valence-electron chi connectivity index (χ2n) is 3.74. The number of carbonyl (C=O) groups is 2. The van der Waals surface area contributed by atoms with Crippen molar-refractivity contribution < 1.29 is 14.0 Å². The zero-order valence-electron chi connectivity index (χ0n) is 8.44. The Morgan fingerprint density at radius 2 is 2.13 bits per heavy atom. The molecule has 1 aromatic rings. The Morgan fingerprint density at radius 1 is 1.40 bits per heavy atom. The van der Waals surface area contributed by atoms with Crippen LogP contribution in [0.25, 0.3) is 0 Å². The molecule has 1 aromatic heterocycles. The fourth-order valence-corrected chi connectivity index (χ4v) is 1.78. The van der Waals surface area contributed by atoms with E-state index >= 15 is 0 Å². The predicted molar refractivity (Wildman–Crippen MR) is 53.6 cm³/mol. The maximum absolute atomic E-state index is 11.0. The first kappa shape index (κ1) is 10.1. The van der Waals surface area contributed by atoms with Gasteiger partial charge < -0.3 is 4.42 Å². The van der Waals surface area contributed by atoms with Crippen LogP contribution in [0.4, 0.5) is 0 Å². The summed E-state index contributed by atoms with van der Waals surface area (Å²) in [4.78, 5) is 23.8. The van der Waals surface area contributed by atoms with Crippen molar-refractivity contribution in [2.75, 3.05) is 13.1 Å². The molecule has 0 aromatic carbocycles. The van der Waals surface area contributed by atoms with Gasteiger partial charge in [0, 0.05) is 38.0 Å². The minimum Gasteiger partial charge on any atom is -0.461 e. The Labute approximate surface area is 87.9 Å². The number of aldehydes is 1. The fraction of sp³-hybridized carbons (Fsp3) is 0.455. The lowest BCUT2D eigenvalue weighted by molar-refractivity contribution is -0.121. The first-order valence-corrected chi connectivity index (χ1v) is 5.05. The number of nitrogens with zero attached hydrogens (tertiary/aromatic N) is 1. The normalized spacial score (nSPS) is 18.0. The van der Waals surface area contributed by atoms with Crippen LogP contribution in [0.2, 0.25) is 0 Å². The van der Waals surface area contributed by atoms with Crippen LogP contribution in [-0.2, 0) is 11.3 Å². The topological polar surface area (TPSA) is 50.5 Å². The van der Waals surface area contributed by atoms with Crippen LogP contribution in [0, 0.1) is 0 Å². The van der Waals surface area contributed by atoms with Crippen LogP contribution in [-0.4, -0.2) is 30.1 Å². The van der Waals surface area contributed by atoms with E-state index in [0.29, 0.717) is 30.9 Å². The molecule has 0 atom stereocenters. The van der Waals surface area contributed by atoms with Gasteiger partial charge >= 0.3 is 0 Å². The van der Waals surface area contributed by atoms with E-state index in [1.54, 1.807) is 6.07 Å². The Morgan fingerprint density at radius 3 is 2.80 bits per heavy atom. The molecule has 0 amide bonds. The number of piperidine rings is 1. The number of hydrogen-bond donors (Lipinski definition) is 0. The Balaban J connectivity index is 1.97. The van der Waals surface area contributed by atoms with Gasteiger partial charge in [-0.25, -0.2) is 0 Å². The average Bonchev–Trinajstić information content (AvgIpc) is 2.69. The highest BCUT2D eigenvalue weighted by atomic mass is 16.3. The first-order chi connectivity index (χ1) is 7.29. The summed E-state index contributed by atoms with van der Waals surface area (Å²) in [7, 11) is 0. The molecule has 0 N–H and O–H groups in total. The van der Waals surface area contributed by atoms with Crippen LogP contribution in [0.15, 0.2) is 16.7 Å². The van der Waals surface area contributed by atoms with Gasteiger partial charge in [0.2, 0.25) is 0 Å². The molecule has 0 bridgehead atoms. The van der Waals surface area contributed by atoms with Gasteiger partial charge in [-0.15, -0.1) is 0 Å². The SMILES string of the molecule is O=Cc1occc1CN1CCC(=O)CC1. The molecule has 0 aliphatic carbocycles. The van der Waals surface area contributed by atoms with E-state index in [4.69, 9.17) is 4.42 Å². The molecular formula is C11H13NO3. The zero-order chi connectivity index (χ0) is 10.7. The maximum Gasteiger partial charge on any atom is 0.185 e. The molecule has 1 aliphatic rings. The fourth-order valence-electron chi connectivity index (χ4n) is 1.78. The standard InChI is InChI=1S/C11H13NO3/c13-8-11-9(3-6-15-11)7-12-4-1-10(14)2-5-12/h3,6,8H,1-2,4-5,7H2. The Bertz CT molecular complexity index is 360. The van der Waals surface area contributed by atoms with Crippen LogP contribution in [0.3, 0.4) is 0 Å². The lowest BCUT2D eigenvalue weighted by Gasteiger charge is -2.25. The lowest BCUT2D eigenvalue weighted by atomic mass is 10.1. The van der Waals surface area contributed by atoms with Crippen molar-refractivity contribution in [2.45, 2.75) is 19.4 Å². The van der Waals surface area contributed by atoms with E-state index in [9.17, 15) is 9.59 Å². The van der Waals surface area contributed by atoms with Crippen molar-refractivity contribution in [2.24, 2.45) is 0 Å². The summed E-state index contributed by atoms with van der Waals surface area (Å²) >= 11 is 0. The molecule has 4 nitrogen and oxygen atoms in total. The number of ketones is 1. The molecule has 15 heavy (non-hydrogen) atoms. The minimum atomic E-state index is 0.328. The van der Waals surface area contributed by atoms with Gasteiger partial charge in [0.25, 0.3) is 0 Å². The van der Waals surface area contributed by atoms with Gasteiger partial charge in [-0.1, -0.05) is 0 Å². The van der Waals surface area contributed by atoms with E-state index in [0.717, 1.165) is 24.9 Å². The van der Waals surface area contributed by atoms with Gasteiger partial charge in [0.05, 0.1) is 6.26 Å². The predicted octanol–water partition coefficient (Wildman–Crippen LogP) is 1.26. The second kappa shape index (κ2) is 4.40. The summed E-state index contributed by atoms with van der Waals surface area (Å²) in [6, 6.07) is 1.81. The second-order valence-corrected chi connectivity index (χ2v) is 3.74. The maximum atomic E-state index is 11.0. The average molecular weight is 207 g/mol. The summed E-state index contributed by atoms with van der Waals surface area (Å²) < 4.78 is 5.01. The van der Waals surface area contributed by atoms with Crippen LogP contribution >= 0.6 is 0 Å². The van der Waals surface area contributed by atoms with Crippen molar-refractivity contribution in [1.29, 1.82) is 0 Å². The number of hydrogen-bond acceptors (Lipinski definition) is 4.